The van der Waals surface area contributed by atoms with Crippen molar-refractivity contribution in [2.24, 2.45) is 5.92 Å². The first kappa shape index (κ1) is 17.2. The summed E-state index contributed by atoms with van der Waals surface area (Å²) < 4.78 is 5.49. The summed E-state index contributed by atoms with van der Waals surface area (Å²) in [5.41, 5.74) is 2.09. The van der Waals surface area contributed by atoms with Gasteiger partial charge in [-0.05, 0) is 18.4 Å². The van der Waals surface area contributed by atoms with E-state index in [1.54, 1.807) is 0 Å². The number of carbonyl (C=O) groups excluding carboxylic acids is 1. The minimum absolute atomic E-state index is 0.0586. The third-order valence-corrected chi connectivity index (χ3v) is 3.58. The van der Waals surface area contributed by atoms with Crippen molar-refractivity contribution >= 4 is 5.91 Å². The van der Waals surface area contributed by atoms with E-state index in [1.807, 2.05) is 57.3 Å². The molecule has 0 spiro atoms. The molecule has 1 unspecified atom stereocenters. The van der Waals surface area contributed by atoms with Crippen molar-refractivity contribution in [2.45, 2.75) is 33.3 Å². The van der Waals surface area contributed by atoms with Gasteiger partial charge in [-0.2, -0.15) is 0 Å². The number of ether oxygens (including phenoxy) is 1. The Hall–Kier alpha value is -2.14. The number of aromatic amines is 1. The normalized spacial score (nSPS) is 12.3. The summed E-state index contributed by atoms with van der Waals surface area (Å²) in [7, 11) is 0. The summed E-state index contributed by atoms with van der Waals surface area (Å²) >= 11 is 0. The number of benzene rings is 1. The minimum Gasteiger partial charge on any atom is -0.368 e. The van der Waals surface area contributed by atoms with Crippen molar-refractivity contribution in [1.82, 2.24) is 15.3 Å². The molecule has 1 aromatic carbocycles. The monoisotopic (exact) mass is 315 g/mol. The van der Waals surface area contributed by atoms with Gasteiger partial charge in [-0.25, -0.2) is 4.98 Å². The van der Waals surface area contributed by atoms with Crippen LogP contribution in [-0.2, 0) is 16.0 Å². The highest BCUT2D eigenvalue weighted by atomic mass is 16.5. The molecule has 2 aromatic rings. The lowest BCUT2D eigenvalue weighted by Gasteiger charge is -2.19. The summed E-state index contributed by atoms with van der Waals surface area (Å²) in [6.45, 7) is 6.94. The zero-order chi connectivity index (χ0) is 16.7. The Morgan fingerprint density at radius 2 is 2.04 bits per heavy atom. The van der Waals surface area contributed by atoms with Crippen LogP contribution in [0.5, 0.6) is 0 Å². The number of rotatable bonds is 8. The smallest absolute Gasteiger partial charge is 0.249 e. The van der Waals surface area contributed by atoms with Crippen LogP contribution in [0.15, 0.2) is 36.5 Å². The molecule has 1 atom stereocenters. The molecule has 0 saturated carbocycles. The fourth-order valence-corrected chi connectivity index (χ4v) is 2.41. The second-order valence-electron chi connectivity index (χ2n) is 5.77. The highest BCUT2D eigenvalue weighted by Crippen LogP contribution is 2.16. The van der Waals surface area contributed by atoms with Crippen molar-refractivity contribution in [3.8, 4) is 11.3 Å². The second kappa shape index (κ2) is 8.48. The van der Waals surface area contributed by atoms with Gasteiger partial charge in [-0.3, -0.25) is 4.79 Å². The van der Waals surface area contributed by atoms with Crippen molar-refractivity contribution in [1.29, 1.82) is 0 Å². The Kier molecular flexibility index (Phi) is 6.35. The summed E-state index contributed by atoms with van der Waals surface area (Å²) in [4.78, 5) is 19.8. The molecule has 2 rings (SSSR count). The van der Waals surface area contributed by atoms with Gasteiger partial charge in [0.15, 0.2) is 0 Å². The van der Waals surface area contributed by atoms with Gasteiger partial charge in [0.2, 0.25) is 5.91 Å². The zero-order valence-corrected chi connectivity index (χ0v) is 14.0. The predicted octanol–water partition coefficient (Wildman–Crippen LogP) is 2.80. The van der Waals surface area contributed by atoms with Gasteiger partial charge >= 0.3 is 0 Å². The van der Waals surface area contributed by atoms with E-state index in [0.29, 0.717) is 19.6 Å². The molecule has 23 heavy (non-hydrogen) atoms. The number of nitrogens with one attached hydrogen (secondary N) is 2. The largest absolute Gasteiger partial charge is 0.368 e. The fraction of sp³-hybridized carbons (Fsp3) is 0.444. The van der Waals surface area contributed by atoms with Crippen LogP contribution in [0, 0.1) is 5.92 Å². The number of imidazole rings is 1. The molecule has 1 aromatic heterocycles. The van der Waals surface area contributed by atoms with E-state index in [0.717, 1.165) is 17.1 Å². The molecule has 0 radical (unpaired) electrons. The van der Waals surface area contributed by atoms with Gasteiger partial charge in [0.05, 0.1) is 11.9 Å². The van der Waals surface area contributed by atoms with Crippen molar-refractivity contribution in [3.63, 3.8) is 0 Å². The van der Waals surface area contributed by atoms with Crippen LogP contribution in [0.1, 0.15) is 26.6 Å². The molecular formula is C18H25N3O2. The second-order valence-corrected chi connectivity index (χ2v) is 5.77. The summed E-state index contributed by atoms with van der Waals surface area (Å²) in [5.74, 6) is 0.960. The average Bonchev–Trinajstić information content (AvgIpc) is 3.02. The Bertz CT molecular complexity index is 608. The molecule has 0 saturated heterocycles. The third kappa shape index (κ3) is 4.93. The summed E-state index contributed by atoms with van der Waals surface area (Å²) in [6.07, 6.45) is 2.09. The van der Waals surface area contributed by atoms with E-state index in [4.69, 9.17) is 4.74 Å². The van der Waals surface area contributed by atoms with Crippen LogP contribution >= 0.6 is 0 Å². The lowest BCUT2D eigenvalue weighted by Crippen LogP contribution is -2.40. The molecule has 0 fully saturated rings. The SMILES string of the molecule is CCOC(C(=O)NCCc1ncc(-c2ccccc2)[nH]1)C(C)C. The molecule has 0 aliphatic carbocycles. The summed E-state index contributed by atoms with van der Waals surface area (Å²) in [6, 6.07) is 10.0. The molecule has 1 heterocycles. The van der Waals surface area contributed by atoms with E-state index in [1.165, 1.54) is 0 Å². The van der Waals surface area contributed by atoms with Gasteiger partial charge < -0.3 is 15.0 Å². The van der Waals surface area contributed by atoms with E-state index >= 15 is 0 Å². The maximum Gasteiger partial charge on any atom is 0.249 e. The lowest BCUT2D eigenvalue weighted by atomic mass is 10.1. The number of nitrogens with zero attached hydrogens (tertiary/aromatic N) is 1. The first-order chi connectivity index (χ1) is 11.1. The van der Waals surface area contributed by atoms with Gasteiger partial charge in [0, 0.05) is 19.6 Å². The summed E-state index contributed by atoms with van der Waals surface area (Å²) in [5, 5.41) is 2.92. The standard InChI is InChI=1S/C18H25N3O2/c1-4-23-17(13(2)3)18(22)19-11-10-16-20-12-15(21-16)14-8-6-5-7-9-14/h5-9,12-13,17H,4,10-11H2,1-3H3,(H,19,22)(H,20,21). The molecule has 0 aliphatic heterocycles. The highest BCUT2D eigenvalue weighted by molar-refractivity contribution is 5.81. The van der Waals surface area contributed by atoms with Crippen LogP contribution in [-0.4, -0.2) is 35.1 Å². The number of hydrogen-bond donors (Lipinski definition) is 2. The molecule has 2 N–H and O–H groups in total. The van der Waals surface area contributed by atoms with Gasteiger partial charge in [-0.1, -0.05) is 44.2 Å². The van der Waals surface area contributed by atoms with Crippen molar-refractivity contribution in [3.05, 3.63) is 42.4 Å². The molecule has 5 heteroatoms. The number of aromatic nitrogens is 2. The number of hydrogen-bond acceptors (Lipinski definition) is 3. The quantitative estimate of drug-likeness (QED) is 0.787. The molecule has 0 bridgehead atoms. The topological polar surface area (TPSA) is 67.0 Å². The van der Waals surface area contributed by atoms with E-state index in [2.05, 4.69) is 15.3 Å². The zero-order valence-electron chi connectivity index (χ0n) is 14.0. The van der Waals surface area contributed by atoms with Crippen LogP contribution in [0.25, 0.3) is 11.3 Å². The average molecular weight is 315 g/mol. The van der Waals surface area contributed by atoms with Crippen LogP contribution in [0.3, 0.4) is 0 Å². The Morgan fingerprint density at radius 1 is 1.30 bits per heavy atom. The van der Waals surface area contributed by atoms with Crippen LogP contribution in [0.4, 0.5) is 0 Å². The first-order valence-electron chi connectivity index (χ1n) is 8.10. The Labute approximate surface area is 137 Å². The van der Waals surface area contributed by atoms with Gasteiger partial charge in [0.25, 0.3) is 0 Å². The molecule has 0 aliphatic rings. The number of amides is 1. The van der Waals surface area contributed by atoms with Crippen molar-refractivity contribution in [2.75, 3.05) is 13.2 Å². The Balaban J connectivity index is 1.85. The van der Waals surface area contributed by atoms with Crippen LogP contribution in [0.2, 0.25) is 0 Å². The maximum atomic E-state index is 12.1. The minimum atomic E-state index is -0.392. The van der Waals surface area contributed by atoms with E-state index in [9.17, 15) is 4.79 Å². The molecule has 1 amide bonds. The lowest BCUT2D eigenvalue weighted by molar-refractivity contribution is -0.135. The number of H-pyrrole nitrogens is 1. The number of carbonyl (C=O) groups is 1. The van der Waals surface area contributed by atoms with Gasteiger partial charge in [-0.15, -0.1) is 0 Å². The first-order valence-corrected chi connectivity index (χ1v) is 8.10. The van der Waals surface area contributed by atoms with E-state index < -0.39 is 6.10 Å². The Morgan fingerprint density at radius 3 is 2.70 bits per heavy atom. The maximum absolute atomic E-state index is 12.1. The molecule has 5 nitrogen and oxygen atoms in total. The highest BCUT2D eigenvalue weighted by Gasteiger charge is 2.21. The van der Waals surface area contributed by atoms with Crippen LogP contribution < -0.4 is 5.32 Å². The van der Waals surface area contributed by atoms with Crippen molar-refractivity contribution < 1.29 is 9.53 Å². The third-order valence-electron chi connectivity index (χ3n) is 3.58. The predicted molar refractivity (Wildman–Crippen MR) is 91.0 cm³/mol. The fourth-order valence-electron chi connectivity index (χ4n) is 2.41. The van der Waals surface area contributed by atoms with Gasteiger partial charge in [0.1, 0.15) is 11.9 Å². The molecule has 124 valence electrons. The van der Waals surface area contributed by atoms with E-state index in [-0.39, 0.29) is 11.8 Å². The molecular weight excluding hydrogens is 290 g/mol.